The summed E-state index contributed by atoms with van der Waals surface area (Å²) in [7, 11) is 0. The van der Waals surface area contributed by atoms with Crippen LogP contribution in [0.3, 0.4) is 0 Å². The monoisotopic (exact) mass is 168 g/mol. The Morgan fingerprint density at radius 1 is 1.25 bits per heavy atom. The lowest BCUT2D eigenvalue weighted by Crippen LogP contribution is -1.84. The zero-order valence-corrected chi connectivity index (χ0v) is 8.43. The van der Waals surface area contributed by atoms with Gasteiger partial charge in [0.25, 0.3) is 0 Å². The van der Waals surface area contributed by atoms with Crippen LogP contribution in [-0.4, -0.2) is 11.7 Å². The molecule has 0 atom stereocenters. The highest BCUT2D eigenvalue weighted by Crippen LogP contribution is 2.10. The van der Waals surface area contributed by atoms with Gasteiger partial charge in [-0.1, -0.05) is 30.2 Å². The molecule has 1 heteroatoms. The van der Waals surface area contributed by atoms with Crippen molar-refractivity contribution in [3.8, 4) is 0 Å². The fourth-order valence-corrected chi connectivity index (χ4v) is 1.10. The molecule has 12 heavy (non-hydrogen) atoms. The normalized spacial score (nSPS) is 11.5. The van der Waals surface area contributed by atoms with Crippen molar-refractivity contribution in [3.63, 3.8) is 0 Å². The summed E-state index contributed by atoms with van der Waals surface area (Å²) in [5, 5.41) is 8.68. The highest BCUT2D eigenvalue weighted by molar-refractivity contribution is 5.04. The average Bonchev–Trinajstić information content (AvgIpc) is 2.02. The highest BCUT2D eigenvalue weighted by atomic mass is 16.2. The molecule has 0 aliphatic rings. The van der Waals surface area contributed by atoms with Gasteiger partial charge in [0.2, 0.25) is 0 Å². The van der Waals surface area contributed by atoms with E-state index in [0.717, 1.165) is 19.3 Å². The molecule has 0 aromatic carbocycles. The second kappa shape index (κ2) is 7.11. The van der Waals surface area contributed by atoms with E-state index in [1.165, 1.54) is 11.1 Å². The van der Waals surface area contributed by atoms with Gasteiger partial charge in [0.15, 0.2) is 0 Å². The van der Waals surface area contributed by atoms with Gasteiger partial charge in [-0.2, -0.15) is 0 Å². The molecule has 0 aliphatic carbocycles. The molecule has 0 aromatic rings. The summed E-state index contributed by atoms with van der Waals surface area (Å²) in [5.41, 5.74) is 2.73. The first kappa shape index (κ1) is 11.4. The lowest BCUT2D eigenvalue weighted by molar-refractivity contribution is 0.341. The Balaban J connectivity index is 3.74. The first-order valence-electron chi connectivity index (χ1n) is 4.62. The Morgan fingerprint density at radius 3 is 2.33 bits per heavy atom. The number of hydrogen-bond donors (Lipinski definition) is 1. The maximum absolute atomic E-state index is 8.68. The van der Waals surface area contributed by atoms with Crippen molar-refractivity contribution in [3.05, 3.63) is 23.3 Å². The molecule has 0 aromatic heterocycles. The van der Waals surface area contributed by atoms with Gasteiger partial charge in [-0.05, 0) is 33.1 Å². The SMILES string of the molecule is CCC(=CCO)CCC=C(C)C. The summed E-state index contributed by atoms with van der Waals surface area (Å²) in [4.78, 5) is 0. The van der Waals surface area contributed by atoms with E-state index in [1.54, 1.807) is 0 Å². The highest BCUT2D eigenvalue weighted by Gasteiger charge is 1.91. The van der Waals surface area contributed by atoms with Gasteiger partial charge in [-0.3, -0.25) is 0 Å². The van der Waals surface area contributed by atoms with E-state index in [0.29, 0.717) is 0 Å². The van der Waals surface area contributed by atoms with E-state index in [9.17, 15) is 0 Å². The predicted octanol–water partition coefficient (Wildman–Crippen LogP) is 3.06. The Bertz CT molecular complexity index is 162. The molecule has 0 bridgehead atoms. The van der Waals surface area contributed by atoms with E-state index >= 15 is 0 Å². The zero-order valence-electron chi connectivity index (χ0n) is 8.43. The summed E-state index contributed by atoms with van der Waals surface area (Å²) in [6.07, 6.45) is 7.39. The first-order valence-corrected chi connectivity index (χ1v) is 4.62. The van der Waals surface area contributed by atoms with Crippen molar-refractivity contribution in [2.75, 3.05) is 6.61 Å². The van der Waals surface area contributed by atoms with Crippen molar-refractivity contribution in [1.82, 2.24) is 0 Å². The molecule has 70 valence electrons. The van der Waals surface area contributed by atoms with Crippen LogP contribution in [-0.2, 0) is 0 Å². The van der Waals surface area contributed by atoms with Crippen molar-refractivity contribution in [2.24, 2.45) is 0 Å². The van der Waals surface area contributed by atoms with Crippen LogP contribution in [0.4, 0.5) is 0 Å². The Hall–Kier alpha value is -0.560. The molecule has 0 saturated heterocycles. The van der Waals surface area contributed by atoms with Crippen LogP contribution in [0.5, 0.6) is 0 Å². The molecule has 0 fully saturated rings. The second-order valence-electron chi connectivity index (χ2n) is 3.22. The summed E-state index contributed by atoms with van der Waals surface area (Å²) in [6, 6.07) is 0. The molecule has 1 nitrogen and oxygen atoms in total. The summed E-state index contributed by atoms with van der Waals surface area (Å²) < 4.78 is 0. The molecule has 1 N–H and O–H groups in total. The minimum absolute atomic E-state index is 0.179. The largest absolute Gasteiger partial charge is 0.392 e. The minimum Gasteiger partial charge on any atom is -0.392 e. The van der Waals surface area contributed by atoms with Gasteiger partial charge in [-0.25, -0.2) is 0 Å². The van der Waals surface area contributed by atoms with Gasteiger partial charge < -0.3 is 5.11 Å². The third-order valence-electron chi connectivity index (χ3n) is 1.85. The number of aliphatic hydroxyl groups excluding tert-OH is 1. The second-order valence-corrected chi connectivity index (χ2v) is 3.22. The van der Waals surface area contributed by atoms with E-state index in [-0.39, 0.29) is 6.61 Å². The van der Waals surface area contributed by atoms with Gasteiger partial charge >= 0.3 is 0 Å². The van der Waals surface area contributed by atoms with E-state index < -0.39 is 0 Å². The molecule has 0 rings (SSSR count). The fourth-order valence-electron chi connectivity index (χ4n) is 1.10. The van der Waals surface area contributed by atoms with Gasteiger partial charge in [0, 0.05) is 0 Å². The predicted molar refractivity (Wildman–Crippen MR) is 54.1 cm³/mol. The van der Waals surface area contributed by atoms with Crippen LogP contribution < -0.4 is 0 Å². The Kier molecular flexibility index (Phi) is 6.78. The molecule has 0 saturated carbocycles. The third kappa shape index (κ3) is 6.17. The van der Waals surface area contributed by atoms with Crippen LogP contribution in [0.25, 0.3) is 0 Å². The zero-order chi connectivity index (χ0) is 9.40. The van der Waals surface area contributed by atoms with E-state index in [1.807, 2.05) is 6.08 Å². The molecule has 0 spiro atoms. The van der Waals surface area contributed by atoms with Gasteiger partial charge in [0.1, 0.15) is 0 Å². The van der Waals surface area contributed by atoms with Crippen molar-refractivity contribution < 1.29 is 5.11 Å². The lowest BCUT2D eigenvalue weighted by Gasteiger charge is -2.01. The van der Waals surface area contributed by atoms with Crippen LogP contribution in [0, 0.1) is 0 Å². The smallest absolute Gasteiger partial charge is 0.0615 e. The van der Waals surface area contributed by atoms with Crippen LogP contribution in [0.15, 0.2) is 23.3 Å². The van der Waals surface area contributed by atoms with E-state index in [4.69, 9.17) is 5.11 Å². The average molecular weight is 168 g/mol. The van der Waals surface area contributed by atoms with Crippen LogP contribution in [0.2, 0.25) is 0 Å². The standard InChI is InChI=1S/C11H20O/c1-4-11(8-9-12)7-5-6-10(2)3/h6,8,12H,4-5,7,9H2,1-3H3. The fraction of sp³-hybridized carbons (Fsp3) is 0.636. The number of rotatable bonds is 5. The van der Waals surface area contributed by atoms with Crippen LogP contribution >= 0.6 is 0 Å². The quantitative estimate of drug-likeness (QED) is 0.625. The van der Waals surface area contributed by atoms with Crippen molar-refractivity contribution in [2.45, 2.75) is 40.0 Å². The molecule has 0 heterocycles. The van der Waals surface area contributed by atoms with Crippen LogP contribution in [0.1, 0.15) is 40.0 Å². The number of hydrogen-bond acceptors (Lipinski definition) is 1. The summed E-state index contributed by atoms with van der Waals surface area (Å²) >= 11 is 0. The molecular weight excluding hydrogens is 148 g/mol. The maximum Gasteiger partial charge on any atom is 0.0615 e. The number of aliphatic hydroxyl groups is 1. The van der Waals surface area contributed by atoms with E-state index in [2.05, 4.69) is 26.8 Å². The van der Waals surface area contributed by atoms with Crippen molar-refractivity contribution >= 4 is 0 Å². The number of allylic oxidation sites excluding steroid dienone is 3. The van der Waals surface area contributed by atoms with Gasteiger partial charge in [-0.15, -0.1) is 0 Å². The maximum atomic E-state index is 8.68. The Morgan fingerprint density at radius 2 is 1.92 bits per heavy atom. The summed E-state index contributed by atoms with van der Waals surface area (Å²) in [6.45, 7) is 6.53. The Labute approximate surface area is 75.8 Å². The molecule has 0 aliphatic heterocycles. The first-order chi connectivity index (χ1) is 5.70. The molecular formula is C11H20O. The molecule has 0 amide bonds. The third-order valence-corrected chi connectivity index (χ3v) is 1.85. The molecule has 0 unspecified atom stereocenters. The minimum atomic E-state index is 0.179. The van der Waals surface area contributed by atoms with Crippen molar-refractivity contribution in [1.29, 1.82) is 0 Å². The lowest BCUT2D eigenvalue weighted by atomic mass is 10.1. The summed E-state index contributed by atoms with van der Waals surface area (Å²) in [5.74, 6) is 0. The molecule has 0 radical (unpaired) electrons. The topological polar surface area (TPSA) is 20.2 Å². The van der Waals surface area contributed by atoms with Gasteiger partial charge in [0.05, 0.1) is 6.61 Å².